The lowest BCUT2D eigenvalue weighted by atomic mass is 9.82. The first-order valence-corrected chi connectivity index (χ1v) is 15.9. The van der Waals surface area contributed by atoms with Crippen LogP contribution in [0, 0.1) is 11.8 Å². The molecule has 1 aromatic heterocycles. The summed E-state index contributed by atoms with van der Waals surface area (Å²) in [6.07, 6.45) is -0.962. The lowest BCUT2D eigenvalue weighted by molar-refractivity contribution is -0.192. The minimum Gasteiger partial charge on any atom is -0.475 e. The van der Waals surface area contributed by atoms with Crippen LogP contribution in [0.15, 0.2) is 71.6 Å². The van der Waals surface area contributed by atoms with E-state index >= 15 is 0 Å². The molecule has 1 saturated carbocycles. The maximum absolute atomic E-state index is 12.9. The monoisotopic (exact) mass is 631 g/mol. The predicted molar refractivity (Wildman–Crippen MR) is 165 cm³/mol. The Labute approximate surface area is 254 Å². The Morgan fingerprint density at radius 2 is 1.50 bits per heavy atom. The number of carboxylic acid groups (broad SMARTS) is 1. The summed E-state index contributed by atoms with van der Waals surface area (Å²) in [5.41, 5.74) is 0.922. The van der Waals surface area contributed by atoms with Crippen molar-refractivity contribution in [3.63, 3.8) is 0 Å². The summed E-state index contributed by atoms with van der Waals surface area (Å²) in [4.78, 5) is 18.7. The lowest BCUT2D eigenvalue weighted by Gasteiger charge is -2.28. The molecule has 44 heavy (non-hydrogen) atoms. The van der Waals surface area contributed by atoms with Gasteiger partial charge in [-0.2, -0.15) is 18.2 Å². The van der Waals surface area contributed by atoms with Crippen LogP contribution in [0.1, 0.15) is 39.5 Å². The quantitative estimate of drug-likeness (QED) is 0.166. The van der Waals surface area contributed by atoms with E-state index in [1.165, 1.54) is 0 Å². The molecule has 0 bridgehead atoms. The van der Waals surface area contributed by atoms with E-state index in [1.807, 2.05) is 54.6 Å². The van der Waals surface area contributed by atoms with Crippen LogP contribution in [-0.4, -0.2) is 54.8 Å². The van der Waals surface area contributed by atoms with Gasteiger partial charge in [0.15, 0.2) is 0 Å². The standard InChI is InChI=1S/C29H35N5O2S.C2HF3O2/c1-20(2)32-28-26-9-5-6-10-27(26)33-29(34-28)30-18-21-11-13-22(14-12-21)19-31-37(35,36)25-16-15-23-7-3-4-8-24(23)17-25;3-2(4,5)1(6)7/h3-10,15-17,20-22,31H,11-14,18-19H2,1-2H3,(H2,30,32,33,34);(H,6,7). The van der Waals surface area contributed by atoms with Gasteiger partial charge in [0, 0.05) is 24.5 Å². The normalized spacial score (nSPS) is 17.2. The summed E-state index contributed by atoms with van der Waals surface area (Å²) in [6.45, 7) is 5.50. The second-order valence-electron chi connectivity index (χ2n) is 11.1. The third kappa shape index (κ3) is 9.02. The minimum absolute atomic E-state index is 0.278. The highest BCUT2D eigenvalue weighted by Crippen LogP contribution is 2.30. The number of anilines is 2. The Bertz CT molecular complexity index is 1690. The Kier molecular flexibility index (Phi) is 10.6. The fraction of sp³-hybridized carbons (Fsp3) is 0.387. The summed E-state index contributed by atoms with van der Waals surface area (Å²) in [7, 11) is -3.53. The molecule has 0 saturated heterocycles. The SMILES string of the molecule is CC(C)Nc1nc(NCC2CCC(CNS(=O)(=O)c3ccc4ccccc4c3)CC2)nc2ccccc12.O=C(O)C(F)(F)F. The van der Waals surface area contributed by atoms with Crippen molar-refractivity contribution in [3.8, 4) is 0 Å². The third-order valence-corrected chi connectivity index (χ3v) is 8.80. The molecule has 0 atom stereocenters. The summed E-state index contributed by atoms with van der Waals surface area (Å²) < 4.78 is 60.4. The van der Waals surface area contributed by atoms with Gasteiger partial charge in [0.05, 0.1) is 10.4 Å². The number of sulfonamides is 1. The number of rotatable bonds is 9. The molecular weight excluding hydrogens is 595 g/mol. The lowest BCUT2D eigenvalue weighted by Crippen LogP contribution is -2.32. The molecule has 5 rings (SSSR count). The molecular formula is C31H36F3N5O4S. The van der Waals surface area contributed by atoms with Crippen LogP contribution in [0.3, 0.4) is 0 Å². The first-order valence-electron chi connectivity index (χ1n) is 14.4. The van der Waals surface area contributed by atoms with E-state index in [0.29, 0.717) is 29.2 Å². The summed E-state index contributed by atoms with van der Waals surface area (Å²) in [5.74, 6) is -0.389. The van der Waals surface area contributed by atoms with Crippen LogP contribution in [0.5, 0.6) is 0 Å². The smallest absolute Gasteiger partial charge is 0.475 e. The van der Waals surface area contributed by atoms with E-state index in [0.717, 1.165) is 59.7 Å². The van der Waals surface area contributed by atoms with Gasteiger partial charge in [-0.25, -0.2) is 22.9 Å². The molecule has 0 unspecified atom stereocenters. The number of hydrogen-bond donors (Lipinski definition) is 4. The molecule has 1 heterocycles. The number of hydrogen-bond acceptors (Lipinski definition) is 7. The van der Waals surface area contributed by atoms with Gasteiger partial charge in [-0.05, 0) is 86.4 Å². The number of nitrogens with zero attached hydrogens (tertiary/aromatic N) is 2. The number of benzene rings is 3. The first-order chi connectivity index (χ1) is 20.8. The van der Waals surface area contributed by atoms with Crippen molar-refractivity contribution in [3.05, 3.63) is 66.7 Å². The molecule has 4 N–H and O–H groups in total. The van der Waals surface area contributed by atoms with Crippen molar-refractivity contribution in [2.24, 2.45) is 11.8 Å². The highest BCUT2D eigenvalue weighted by atomic mass is 32.2. The summed E-state index contributed by atoms with van der Waals surface area (Å²) >= 11 is 0. The van der Waals surface area contributed by atoms with Gasteiger partial charge in [-0.3, -0.25) is 0 Å². The zero-order chi connectivity index (χ0) is 31.9. The Morgan fingerprint density at radius 1 is 0.909 bits per heavy atom. The maximum Gasteiger partial charge on any atom is 0.490 e. The van der Waals surface area contributed by atoms with Crippen molar-refractivity contribution in [2.45, 2.75) is 56.6 Å². The van der Waals surface area contributed by atoms with E-state index < -0.39 is 22.2 Å². The van der Waals surface area contributed by atoms with Crippen LogP contribution in [-0.2, 0) is 14.8 Å². The Balaban J connectivity index is 0.000000566. The van der Waals surface area contributed by atoms with E-state index in [4.69, 9.17) is 19.9 Å². The average molecular weight is 632 g/mol. The molecule has 13 heteroatoms. The number of nitrogens with one attached hydrogen (secondary N) is 3. The molecule has 0 spiro atoms. The largest absolute Gasteiger partial charge is 0.490 e. The predicted octanol–water partition coefficient (Wildman–Crippen LogP) is 6.43. The second kappa shape index (κ2) is 14.2. The van der Waals surface area contributed by atoms with Gasteiger partial charge >= 0.3 is 12.1 Å². The van der Waals surface area contributed by atoms with Gasteiger partial charge < -0.3 is 15.7 Å². The zero-order valence-corrected chi connectivity index (χ0v) is 25.3. The number of carboxylic acids is 1. The molecule has 1 aliphatic carbocycles. The Hall–Kier alpha value is -3.97. The van der Waals surface area contributed by atoms with Crippen molar-refractivity contribution in [1.82, 2.24) is 14.7 Å². The van der Waals surface area contributed by atoms with Gasteiger partial charge in [-0.15, -0.1) is 0 Å². The van der Waals surface area contributed by atoms with Crippen molar-refractivity contribution >= 4 is 49.4 Å². The number of fused-ring (bicyclic) bond motifs is 2. The molecule has 3 aromatic carbocycles. The summed E-state index contributed by atoms with van der Waals surface area (Å²) in [6, 6.07) is 21.4. The molecule has 0 aliphatic heterocycles. The summed E-state index contributed by atoms with van der Waals surface area (Å²) in [5, 5.41) is 17.0. The van der Waals surface area contributed by atoms with Gasteiger partial charge in [0.25, 0.3) is 0 Å². The zero-order valence-electron chi connectivity index (χ0n) is 24.4. The number of halogens is 3. The number of aromatic nitrogens is 2. The van der Waals surface area contributed by atoms with E-state index in [2.05, 4.69) is 29.2 Å². The molecule has 1 fully saturated rings. The minimum atomic E-state index is -5.08. The van der Waals surface area contributed by atoms with Crippen LogP contribution in [0.2, 0.25) is 0 Å². The molecule has 0 radical (unpaired) electrons. The number of para-hydroxylation sites is 1. The Morgan fingerprint density at radius 3 is 2.14 bits per heavy atom. The molecule has 9 nitrogen and oxygen atoms in total. The number of aliphatic carboxylic acids is 1. The van der Waals surface area contributed by atoms with Gasteiger partial charge in [0.1, 0.15) is 5.82 Å². The highest BCUT2D eigenvalue weighted by molar-refractivity contribution is 7.89. The van der Waals surface area contributed by atoms with Crippen LogP contribution in [0.4, 0.5) is 24.9 Å². The van der Waals surface area contributed by atoms with Crippen LogP contribution < -0.4 is 15.4 Å². The fourth-order valence-electron chi connectivity index (χ4n) is 5.06. The van der Waals surface area contributed by atoms with E-state index in [1.54, 1.807) is 12.1 Å². The number of alkyl halides is 3. The van der Waals surface area contributed by atoms with Crippen molar-refractivity contribution < 1.29 is 31.5 Å². The fourth-order valence-corrected chi connectivity index (χ4v) is 6.21. The van der Waals surface area contributed by atoms with Crippen LogP contribution in [0.25, 0.3) is 21.7 Å². The topological polar surface area (TPSA) is 133 Å². The van der Waals surface area contributed by atoms with E-state index in [9.17, 15) is 21.6 Å². The van der Waals surface area contributed by atoms with Gasteiger partial charge in [-0.1, -0.05) is 42.5 Å². The average Bonchev–Trinajstić information content (AvgIpc) is 2.99. The van der Waals surface area contributed by atoms with Crippen molar-refractivity contribution in [2.75, 3.05) is 23.7 Å². The molecule has 4 aromatic rings. The molecule has 236 valence electrons. The maximum atomic E-state index is 12.9. The van der Waals surface area contributed by atoms with Crippen molar-refractivity contribution in [1.29, 1.82) is 0 Å². The van der Waals surface area contributed by atoms with Gasteiger partial charge in [0.2, 0.25) is 16.0 Å². The van der Waals surface area contributed by atoms with Crippen LogP contribution >= 0.6 is 0 Å². The molecule has 1 aliphatic rings. The second-order valence-corrected chi connectivity index (χ2v) is 12.9. The first kappa shape index (κ1) is 32.9. The number of carbonyl (C=O) groups is 1. The molecule has 0 amide bonds. The highest BCUT2D eigenvalue weighted by Gasteiger charge is 2.38. The van der Waals surface area contributed by atoms with E-state index in [-0.39, 0.29) is 6.04 Å². The third-order valence-electron chi connectivity index (χ3n) is 7.38.